The van der Waals surface area contributed by atoms with Gasteiger partial charge in [0.15, 0.2) is 5.60 Å². The molecule has 2 aromatic carbocycles. The number of carbonyl (C=O) groups is 1. The van der Waals surface area contributed by atoms with Crippen LogP contribution in [0.25, 0.3) is 0 Å². The van der Waals surface area contributed by atoms with Crippen LogP contribution >= 0.6 is 27.5 Å². The molecule has 3 rings (SSSR count). The van der Waals surface area contributed by atoms with Crippen molar-refractivity contribution in [3.63, 3.8) is 0 Å². The minimum Gasteiger partial charge on any atom is -0.466 e. The van der Waals surface area contributed by atoms with E-state index in [1.54, 1.807) is 0 Å². The highest BCUT2D eigenvalue weighted by Crippen LogP contribution is 2.58. The standard InChI is InChI=1S/C18H14BrClF3NO5S/c1-2-28-14(25)8-17(26)15-13(30(24,27)18(17,22)23)4-3-12(16(15)19)29-11-6-9(20)5-10(21)7-11/h3-7,24,26H,2,8H2,1H3. The summed E-state index contributed by atoms with van der Waals surface area (Å²) in [5.74, 6) is -2.12. The third kappa shape index (κ3) is 3.47. The van der Waals surface area contributed by atoms with Gasteiger partial charge in [0.05, 0.1) is 22.4 Å². The van der Waals surface area contributed by atoms with Crippen LogP contribution in [0.3, 0.4) is 0 Å². The van der Waals surface area contributed by atoms with Gasteiger partial charge in [-0.25, -0.2) is 13.4 Å². The quantitative estimate of drug-likeness (QED) is 0.521. The van der Waals surface area contributed by atoms with Crippen LogP contribution in [-0.2, 0) is 24.9 Å². The SMILES string of the molecule is CCOC(=O)CC1(O)c2c(ccc(Oc3cc(F)cc(Cl)c3)c2Br)S(=N)(=O)C1(F)F. The maximum atomic E-state index is 15.0. The molecule has 2 atom stereocenters. The molecule has 0 fully saturated rings. The summed E-state index contributed by atoms with van der Waals surface area (Å²) >= 11 is 8.80. The van der Waals surface area contributed by atoms with Gasteiger partial charge in [0.1, 0.15) is 27.0 Å². The van der Waals surface area contributed by atoms with Gasteiger partial charge in [0.2, 0.25) is 0 Å². The molecule has 2 unspecified atom stereocenters. The van der Waals surface area contributed by atoms with E-state index in [-0.39, 0.29) is 27.6 Å². The summed E-state index contributed by atoms with van der Waals surface area (Å²) < 4.78 is 73.7. The average Bonchev–Trinajstić information content (AvgIpc) is 2.72. The summed E-state index contributed by atoms with van der Waals surface area (Å²) in [6.07, 6.45) is -1.25. The normalized spacial score (nSPS) is 24.4. The van der Waals surface area contributed by atoms with E-state index in [2.05, 4.69) is 20.7 Å². The minimum absolute atomic E-state index is 0.0156. The van der Waals surface area contributed by atoms with Gasteiger partial charge in [0.25, 0.3) is 0 Å². The first kappa shape index (κ1) is 22.9. The Morgan fingerprint density at radius 1 is 1.33 bits per heavy atom. The molecule has 0 amide bonds. The minimum atomic E-state index is -4.84. The molecule has 0 saturated heterocycles. The fourth-order valence-corrected chi connectivity index (χ4v) is 5.93. The molecule has 12 heteroatoms. The van der Waals surface area contributed by atoms with Crippen molar-refractivity contribution in [2.24, 2.45) is 0 Å². The van der Waals surface area contributed by atoms with Crippen molar-refractivity contribution in [2.75, 3.05) is 6.61 Å². The third-order valence-electron chi connectivity index (χ3n) is 4.40. The molecule has 6 nitrogen and oxygen atoms in total. The molecular formula is C18H14BrClF3NO5S. The molecule has 0 saturated carbocycles. The summed E-state index contributed by atoms with van der Waals surface area (Å²) in [4.78, 5) is 11.2. The second-order valence-corrected chi connectivity index (χ2v) is 9.67. The molecule has 1 aliphatic rings. The first-order valence-electron chi connectivity index (χ1n) is 8.36. The molecule has 1 heterocycles. The Balaban J connectivity index is 2.17. The highest BCUT2D eigenvalue weighted by molar-refractivity contribution is 9.10. The van der Waals surface area contributed by atoms with Gasteiger partial charge in [-0.05, 0) is 47.1 Å². The first-order valence-corrected chi connectivity index (χ1v) is 11.1. The Hall–Kier alpha value is -1.82. The van der Waals surface area contributed by atoms with E-state index in [0.717, 1.165) is 24.3 Å². The molecule has 1 aliphatic heterocycles. The molecular weight excluding hydrogens is 515 g/mol. The van der Waals surface area contributed by atoms with E-state index in [0.29, 0.717) is 0 Å². The number of halogens is 5. The molecule has 0 spiro atoms. The number of benzene rings is 2. The lowest BCUT2D eigenvalue weighted by Crippen LogP contribution is -2.46. The number of aliphatic hydroxyl groups is 1. The van der Waals surface area contributed by atoms with Gasteiger partial charge in [-0.3, -0.25) is 4.79 Å². The number of nitrogens with one attached hydrogen (secondary N) is 1. The van der Waals surface area contributed by atoms with Gasteiger partial charge in [0, 0.05) is 16.7 Å². The summed E-state index contributed by atoms with van der Waals surface area (Å²) in [7, 11) is -4.84. The van der Waals surface area contributed by atoms with Crippen molar-refractivity contribution in [3.05, 3.63) is 51.2 Å². The Morgan fingerprint density at radius 2 is 2.00 bits per heavy atom. The highest BCUT2D eigenvalue weighted by atomic mass is 79.9. The monoisotopic (exact) mass is 527 g/mol. The second kappa shape index (κ2) is 7.70. The van der Waals surface area contributed by atoms with Crippen molar-refractivity contribution in [1.82, 2.24) is 0 Å². The molecule has 162 valence electrons. The molecule has 30 heavy (non-hydrogen) atoms. The number of hydrogen-bond acceptors (Lipinski definition) is 6. The van der Waals surface area contributed by atoms with Crippen LogP contribution < -0.4 is 4.74 Å². The Labute approximate surface area is 183 Å². The molecule has 2 aromatic rings. The first-order chi connectivity index (χ1) is 13.8. The summed E-state index contributed by atoms with van der Waals surface area (Å²) in [6, 6.07) is 5.33. The largest absolute Gasteiger partial charge is 0.466 e. The van der Waals surface area contributed by atoms with Gasteiger partial charge in [-0.15, -0.1) is 0 Å². The number of fused-ring (bicyclic) bond motifs is 1. The van der Waals surface area contributed by atoms with Crippen molar-refractivity contribution < 1.29 is 36.8 Å². The summed E-state index contributed by atoms with van der Waals surface area (Å²) in [5.41, 5.74) is -3.94. The summed E-state index contributed by atoms with van der Waals surface area (Å²) in [5, 5.41) is 6.36. The number of hydrogen-bond donors (Lipinski definition) is 2. The zero-order valence-corrected chi connectivity index (χ0v) is 18.3. The highest BCUT2D eigenvalue weighted by Gasteiger charge is 2.69. The van der Waals surface area contributed by atoms with Crippen LogP contribution in [0.2, 0.25) is 5.02 Å². The van der Waals surface area contributed by atoms with Gasteiger partial charge >= 0.3 is 11.2 Å². The Kier molecular flexibility index (Phi) is 5.87. The van der Waals surface area contributed by atoms with Crippen molar-refractivity contribution in [2.45, 2.75) is 29.1 Å². The van der Waals surface area contributed by atoms with E-state index >= 15 is 0 Å². The topological polar surface area (TPSA) is 96.7 Å². The number of alkyl halides is 2. The second-order valence-electron chi connectivity index (χ2n) is 6.37. The zero-order valence-electron chi connectivity index (χ0n) is 15.2. The van der Waals surface area contributed by atoms with E-state index in [4.69, 9.17) is 21.1 Å². The number of rotatable bonds is 5. The van der Waals surface area contributed by atoms with Crippen LogP contribution in [0.15, 0.2) is 39.7 Å². The van der Waals surface area contributed by atoms with E-state index in [1.165, 1.54) is 13.0 Å². The predicted molar refractivity (Wildman–Crippen MR) is 105 cm³/mol. The van der Waals surface area contributed by atoms with Gasteiger partial charge in [-0.1, -0.05) is 11.6 Å². The summed E-state index contributed by atoms with van der Waals surface area (Å²) in [6.45, 7) is 1.32. The van der Waals surface area contributed by atoms with Crippen LogP contribution in [0.4, 0.5) is 13.2 Å². The van der Waals surface area contributed by atoms with Crippen molar-refractivity contribution in [3.8, 4) is 11.5 Å². The van der Waals surface area contributed by atoms with Crippen LogP contribution in [0.1, 0.15) is 18.9 Å². The van der Waals surface area contributed by atoms with Gasteiger partial charge in [-0.2, -0.15) is 8.78 Å². The lowest BCUT2D eigenvalue weighted by molar-refractivity contribution is -0.166. The Bertz CT molecular complexity index is 1120. The maximum Gasteiger partial charge on any atom is 0.364 e. The molecule has 2 N–H and O–H groups in total. The van der Waals surface area contributed by atoms with Crippen LogP contribution in [-0.4, -0.2) is 27.1 Å². The van der Waals surface area contributed by atoms with Crippen molar-refractivity contribution in [1.29, 1.82) is 4.78 Å². The third-order valence-corrected chi connectivity index (χ3v) is 7.43. The fraction of sp³-hybridized carbons (Fsp3) is 0.278. The number of esters is 1. The van der Waals surface area contributed by atoms with E-state index < -0.39 is 49.3 Å². The maximum absolute atomic E-state index is 15.0. The smallest absolute Gasteiger partial charge is 0.364 e. The van der Waals surface area contributed by atoms with E-state index in [9.17, 15) is 27.3 Å². The Morgan fingerprint density at radius 3 is 2.60 bits per heavy atom. The lowest BCUT2D eigenvalue weighted by Gasteiger charge is -2.29. The van der Waals surface area contributed by atoms with Crippen LogP contribution in [0.5, 0.6) is 11.5 Å². The molecule has 0 aliphatic carbocycles. The number of ether oxygens (including phenoxy) is 2. The predicted octanol–water partition coefficient (Wildman–Crippen LogP) is 5.19. The van der Waals surface area contributed by atoms with Crippen LogP contribution in [0, 0.1) is 10.6 Å². The average molecular weight is 529 g/mol. The fourth-order valence-electron chi connectivity index (χ4n) is 3.09. The molecule has 0 bridgehead atoms. The number of carbonyl (C=O) groups excluding carboxylic acids is 1. The molecule has 0 aromatic heterocycles. The van der Waals surface area contributed by atoms with Crippen molar-refractivity contribution >= 4 is 43.2 Å². The van der Waals surface area contributed by atoms with E-state index in [1.807, 2.05) is 0 Å². The van der Waals surface area contributed by atoms with Gasteiger partial charge < -0.3 is 14.6 Å². The lowest BCUT2D eigenvalue weighted by atomic mass is 9.90. The zero-order chi connectivity index (χ0) is 22.5. The molecule has 0 radical (unpaired) electrons.